The van der Waals surface area contributed by atoms with Gasteiger partial charge in [-0.15, -0.1) is 0 Å². The van der Waals surface area contributed by atoms with Crippen LogP contribution in [0.1, 0.15) is 16.2 Å². The fourth-order valence-electron chi connectivity index (χ4n) is 3.16. The summed E-state index contributed by atoms with van der Waals surface area (Å²) in [6, 6.07) is 10.0. The van der Waals surface area contributed by atoms with E-state index in [-0.39, 0.29) is 11.7 Å². The Morgan fingerprint density at radius 1 is 1.08 bits per heavy atom. The maximum atomic E-state index is 13.0. The molecule has 128 valence electrons. The molecule has 0 saturated carbocycles. The van der Waals surface area contributed by atoms with E-state index in [0.717, 1.165) is 11.4 Å². The minimum absolute atomic E-state index is 0.0643. The first-order valence-corrected chi connectivity index (χ1v) is 8.23. The average Bonchev–Trinajstić information content (AvgIpc) is 3.11. The monoisotopic (exact) mass is 339 g/mol. The number of fused-ring (bicyclic) bond motifs is 1. The summed E-state index contributed by atoms with van der Waals surface area (Å²) < 4.78 is 14.8. The summed E-state index contributed by atoms with van der Waals surface area (Å²) in [7, 11) is 0. The third-order valence-electron chi connectivity index (χ3n) is 4.52. The number of amides is 1. The Balaban J connectivity index is 1.47. The van der Waals surface area contributed by atoms with Gasteiger partial charge >= 0.3 is 0 Å². The molecule has 1 amide bonds. The number of hydrogen-bond donors (Lipinski definition) is 0. The van der Waals surface area contributed by atoms with Gasteiger partial charge in [0.15, 0.2) is 5.65 Å². The lowest BCUT2D eigenvalue weighted by atomic mass is 10.2. The van der Waals surface area contributed by atoms with Crippen LogP contribution >= 0.6 is 0 Å². The summed E-state index contributed by atoms with van der Waals surface area (Å²) >= 11 is 0. The fourth-order valence-corrected chi connectivity index (χ4v) is 3.16. The highest BCUT2D eigenvalue weighted by molar-refractivity contribution is 5.93. The van der Waals surface area contributed by atoms with E-state index in [1.54, 1.807) is 35.0 Å². The highest BCUT2D eigenvalue weighted by Crippen LogP contribution is 2.18. The first-order chi connectivity index (χ1) is 12.1. The van der Waals surface area contributed by atoms with E-state index in [1.807, 2.05) is 11.8 Å². The largest absolute Gasteiger partial charge is 0.368 e. The van der Waals surface area contributed by atoms with Crippen molar-refractivity contribution in [2.75, 3.05) is 31.1 Å². The third-order valence-corrected chi connectivity index (χ3v) is 4.52. The van der Waals surface area contributed by atoms with Gasteiger partial charge in [-0.2, -0.15) is 5.10 Å². The summed E-state index contributed by atoms with van der Waals surface area (Å²) in [6.45, 7) is 4.56. The van der Waals surface area contributed by atoms with Gasteiger partial charge in [0.2, 0.25) is 0 Å². The highest BCUT2D eigenvalue weighted by Gasteiger charge is 2.24. The predicted molar refractivity (Wildman–Crippen MR) is 92.2 cm³/mol. The van der Waals surface area contributed by atoms with Crippen molar-refractivity contribution in [3.8, 4) is 0 Å². The first kappa shape index (κ1) is 15.6. The van der Waals surface area contributed by atoms with Crippen LogP contribution in [0.2, 0.25) is 0 Å². The number of halogens is 1. The summed E-state index contributed by atoms with van der Waals surface area (Å²) in [5.74, 6) is -0.306. The van der Waals surface area contributed by atoms with Crippen molar-refractivity contribution in [2.24, 2.45) is 0 Å². The van der Waals surface area contributed by atoms with Crippen molar-refractivity contribution in [1.82, 2.24) is 19.5 Å². The van der Waals surface area contributed by atoms with Gasteiger partial charge < -0.3 is 9.80 Å². The topological polar surface area (TPSA) is 53.7 Å². The zero-order valence-electron chi connectivity index (χ0n) is 13.9. The van der Waals surface area contributed by atoms with Gasteiger partial charge in [-0.1, -0.05) is 0 Å². The molecule has 0 N–H and O–H groups in total. The van der Waals surface area contributed by atoms with Crippen LogP contribution in [0.25, 0.3) is 5.65 Å². The third kappa shape index (κ3) is 2.93. The molecule has 2 aromatic heterocycles. The lowest BCUT2D eigenvalue weighted by Gasteiger charge is -2.36. The van der Waals surface area contributed by atoms with Gasteiger partial charge in [0.25, 0.3) is 5.91 Å². The Morgan fingerprint density at radius 3 is 2.52 bits per heavy atom. The molecule has 3 heterocycles. The number of benzene rings is 1. The molecular formula is C18H18FN5O. The maximum Gasteiger partial charge on any atom is 0.272 e. The quantitative estimate of drug-likeness (QED) is 0.718. The molecule has 0 unspecified atom stereocenters. The van der Waals surface area contributed by atoms with E-state index in [4.69, 9.17) is 0 Å². The van der Waals surface area contributed by atoms with Crippen LogP contribution < -0.4 is 4.90 Å². The van der Waals surface area contributed by atoms with E-state index in [2.05, 4.69) is 15.0 Å². The Hall–Kier alpha value is -2.96. The van der Waals surface area contributed by atoms with E-state index < -0.39 is 0 Å². The SMILES string of the molecule is Cc1cc(C(=O)N2CCN(c3ccc(F)cc3)CC2)nc2ccnn12. The zero-order valence-corrected chi connectivity index (χ0v) is 13.9. The Morgan fingerprint density at radius 2 is 1.80 bits per heavy atom. The van der Waals surface area contributed by atoms with E-state index in [9.17, 15) is 9.18 Å². The zero-order chi connectivity index (χ0) is 17.4. The van der Waals surface area contributed by atoms with Crippen LogP contribution in [-0.4, -0.2) is 51.6 Å². The van der Waals surface area contributed by atoms with Crippen molar-refractivity contribution >= 4 is 17.2 Å². The molecule has 0 bridgehead atoms. The molecule has 0 spiro atoms. The second-order valence-corrected chi connectivity index (χ2v) is 6.14. The van der Waals surface area contributed by atoms with Crippen LogP contribution in [-0.2, 0) is 0 Å². The minimum atomic E-state index is -0.241. The first-order valence-electron chi connectivity index (χ1n) is 8.23. The molecular weight excluding hydrogens is 321 g/mol. The van der Waals surface area contributed by atoms with Crippen molar-refractivity contribution in [3.63, 3.8) is 0 Å². The number of piperazine rings is 1. The molecule has 1 aromatic carbocycles. The van der Waals surface area contributed by atoms with Gasteiger partial charge in [-0.25, -0.2) is 13.9 Å². The molecule has 3 aromatic rings. The molecule has 0 aliphatic carbocycles. The smallest absolute Gasteiger partial charge is 0.272 e. The van der Waals surface area contributed by atoms with Gasteiger partial charge in [-0.05, 0) is 37.3 Å². The predicted octanol–water partition coefficient (Wildman–Crippen LogP) is 2.14. The molecule has 0 radical (unpaired) electrons. The van der Waals surface area contributed by atoms with Gasteiger partial charge in [0, 0.05) is 43.6 Å². The molecule has 7 heteroatoms. The number of nitrogens with zero attached hydrogens (tertiary/aromatic N) is 5. The Kier molecular flexibility index (Phi) is 3.83. The number of aryl methyl sites for hydroxylation is 1. The van der Waals surface area contributed by atoms with Gasteiger partial charge in [0.1, 0.15) is 11.5 Å². The molecule has 1 aliphatic rings. The summed E-state index contributed by atoms with van der Waals surface area (Å²) in [4.78, 5) is 21.2. The Bertz CT molecular complexity index is 913. The van der Waals surface area contributed by atoms with Crippen LogP contribution in [0.15, 0.2) is 42.6 Å². The van der Waals surface area contributed by atoms with Crippen LogP contribution in [0.4, 0.5) is 10.1 Å². The molecule has 1 saturated heterocycles. The minimum Gasteiger partial charge on any atom is -0.368 e. The molecule has 1 fully saturated rings. The van der Waals surface area contributed by atoms with Crippen molar-refractivity contribution < 1.29 is 9.18 Å². The van der Waals surface area contributed by atoms with E-state index in [1.165, 1.54) is 12.1 Å². The summed E-state index contributed by atoms with van der Waals surface area (Å²) in [5, 5.41) is 4.18. The van der Waals surface area contributed by atoms with Crippen molar-refractivity contribution in [1.29, 1.82) is 0 Å². The van der Waals surface area contributed by atoms with Crippen molar-refractivity contribution in [2.45, 2.75) is 6.92 Å². The summed E-state index contributed by atoms with van der Waals surface area (Å²) in [6.07, 6.45) is 1.67. The number of carbonyl (C=O) groups is 1. The lowest BCUT2D eigenvalue weighted by molar-refractivity contribution is 0.0741. The van der Waals surface area contributed by atoms with Crippen LogP contribution in [0.5, 0.6) is 0 Å². The van der Waals surface area contributed by atoms with E-state index in [0.29, 0.717) is 37.5 Å². The lowest BCUT2D eigenvalue weighted by Crippen LogP contribution is -2.49. The normalized spacial score (nSPS) is 15.0. The number of rotatable bonds is 2. The number of aromatic nitrogens is 3. The second kappa shape index (κ2) is 6.16. The Labute approximate surface area is 144 Å². The van der Waals surface area contributed by atoms with E-state index >= 15 is 0 Å². The second-order valence-electron chi connectivity index (χ2n) is 6.14. The molecule has 1 aliphatic heterocycles. The number of anilines is 1. The van der Waals surface area contributed by atoms with Gasteiger partial charge in [0.05, 0.1) is 6.20 Å². The average molecular weight is 339 g/mol. The summed E-state index contributed by atoms with van der Waals surface area (Å²) in [5.41, 5.74) is 2.97. The maximum absolute atomic E-state index is 13.0. The molecule has 25 heavy (non-hydrogen) atoms. The fraction of sp³-hybridized carbons (Fsp3) is 0.278. The van der Waals surface area contributed by atoms with Crippen LogP contribution in [0.3, 0.4) is 0 Å². The van der Waals surface area contributed by atoms with Crippen LogP contribution in [0, 0.1) is 12.7 Å². The molecule has 6 nitrogen and oxygen atoms in total. The molecule has 4 rings (SSSR count). The standard InChI is InChI=1S/C18H18FN5O/c1-13-12-16(21-17-6-7-20-24(13)17)18(25)23-10-8-22(9-11-23)15-4-2-14(19)3-5-15/h2-7,12H,8-11H2,1H3. The van der Waals surface area contributed by atoms with Crippen molar-refractivity contribution in [3.05, 3.63) is 59.8 Å². The molecule has 0 atom stereocenters. The number of hydrogen-bond acceptors (Lipinski definition) is 4. The highest BCUT2D eigenvalue weighted by atomic mass is 19.1. The number of carbonyl (C=O) groups excluding carboxylic acids is 1. The van der Waals surface area contributed by atoms with Gasteiger partial charge in [-0.3, -0.25) is 4.79 Å².